The molecule has 2 N–H and O–H groups in total. The fraction of sp³-hybridized carbons (Fsp3) is 0.429. The molecule has 20 heavy (non-hydrogen) atoms. The highest BCUT2D eigenvalue weighted by atomic mass is 32.2. The maximum atomic E-state index is 12.0. The molecule has 1 aromatic rings. The summed E-state index contributed by atoms with van der Waals surface area (Å²) in [5.41, 5.74) is 1.03. The van der Waals surface area contributed by atoms with Gasteiger partial charge in [0.1, 0.15) is 0 Å². The SMILES string of the molecule is CC1CN(C(=O)NCc2cccc(C(=O)O)c2)CCS1. The lowest BCUT2D eigenvalue weighted by Gasteiger charge is -2.30. The number of amides is 2. The first-order chi connectivity index (χ1) is 9.56. The molecule has 0 bridgehead atoms. The number of rotatable bonds is 3. The van der Waals surface area contributed by atoms with Gasteiger partial charge in [-0.05, 0) is 17.7 Å². The minimum absolute atomic E-state index is 0.0853. The summed E-state index contributed by atoms with van der Waals surface area (Å²) < 4.78 is 0. The minimum Gasteiger partial charge on any atom is -0.478 e. The Kier molecular flexibility index (Phi) is 4.89. The van der Waals surface area contributed by atoms with Crippen LogP contribution < -0.4 is 5.32 Å². The molecule has 2 amide bonds. The van der Waals surface area contributed by atoms with E-state index in [2.05, 4.69) is 12.2 Å². The van der Waals surface area contributed by atoms with Crippen molar-refractivity contribution in [2.45, 2.75) is 18.7 Å². The highest BCUT2D eigenvalue weighted by Gasteiger charge is 2.20. The van der Waals surface area contributed by atoms with E-state index in [1.807, 2.05) is 16.7 Å². The number of benzene rings is 1. The second kappa shape index (κ2) is 6.65. The molecule has 108 valence electrons. The van der Waals surface area contributed by atoms with Crippen molar-refractivity contribution in [1.29, 1.82) is 0 Å². The third-order valence-electron chi connectivity index (χ3n) is 3.15. The molecular formula is C14H18N2O3S. The molecule has 1 atom stereocenters. The zero-order chi connectivity index (χ0) is 14.5. The van der Waals surface area contributed by atoms with E-state index in [1.165, 1.54) is 6.07 Å². The standard InChI is InChI=1S/C14H18N2O3S/c1-10-9-16(5-6-20-10)14(19)15-8-11-3-2-4-12(7-11)13(17)18/h2-4,7,10H,5-6,8-9H2,1H3,(H,15,19)(H,17,18). The Bertz CT molecular complexity index is 507. The smallest absolute Gasteiger partial charge is 0.335 e. The number of hydrogen-bond donors (Lipinski definition) is 2. The van der Waals surface area contributed by atoms with Crippen LogP contribution in [0.1, 0.15) is 22.8 Å². The van der Waals surface area contributed by atoms with Gasteiger partial charge in [0.2, 0.25) is 0 Å². The molecule has 1 unspecified atom stereocenters. The number of carboxylic acids is 1. The molecular weight excluding hydrogens is 276 g/mol. The Morgan fingerprint density at radius 2 is 2.30 bits per heavy atom. The first-order valence-corrected chi connectivity index (χ1v) is 7.58. The lowest BCUT2D eigenvalue weighted by atomic mass is 10.1. The summed E-state index contributed by atoms with van der Waals surface area (Å²) in [7, 11) is 0. The van der Waals surface area contributed by atoms with Gasteiger partial charge in [-0.15, -0.1) is 0 Å². The molecule has 1 fully saturated rings. The average Bonchev–Trinajstić information content (AvgIpc) is 2.45. The molecule has 0 aromatic heterocycles. The number of carboxylic acid groups (broad SMARTS) is 1. The Morgan fingerprint density at radius 1 is 1.50 bits per heavy atom. The molecule has 1 aromatic carbocycles. The predicted molar refractivity (Wildman–Crippen MR) is 79.1 cm³/mol. The molecule has 6 heteroatoms. The molecule has 1 heterocycles. The van der Waals surface area contributed by atoms with Gasteiger partial charge in [-0.1, -0.05) is 19.1 Å². The van der Waals surface area contributed by atoms with E-state index in [0.717, 1.165) is 24.4 Å². The Labute approximate surface area is 122 Å². The number of nitrogens with one attached hydrogen (secondary N) is 1. The molecule has 1 aliphatic heterocycles. The summed E-state index contributed by atoms with van der Waals surface area (Å²) in [4.78, 5) is 24.7. The van der Waals surface area contributed by atoms with E-state index in [0.29, 0.717) is 11.8 Å². The third kappa shape index (κ3) is 3.90. The molecule has 1 aliphatic rings. The molecule has 2 rings (SSSR count). The fourth-order valence-corrected chi connectivity index (χ4v) is 3.12. The summed E-state index contributed by atoms with van der Waals surface area (Å²) in [5.74, 6) is 0.00311. The van der Waals surface area contributed by atoms with Crippen molar-refractivity contribution in [3.8, 4) is 0 Å². The summed E-state index contributed by atoms with van der Waals surface area (Å²) >= 11 is 1.87. The third-order valence-corrected chi connectivity index (χ3v) is 4.28. The van der Waals surface area contributed by atoms with Crippen LogP contribution in [0.4, 0.5) is 4.79 Å². The van der Waals surface area contributed by atoms with Gasteiger partial charge < -0.3 is 15.3 Å². The largest absolute Gasteiger partial charge is 0.478 e. The highest BCUT2D eigenvalue weighted by Crippen LogP contribution is 2.17. The van der Waals surface area contributed by atoms with Crippen molar-refractivity contribution in [3.63, 3.8) is 0 Å². The van der Waals surface area contributed by atoms with Crippen LogP contribution in [0.2, 0.25) is 0 Å². The van der Waals surface area contributed by atoms with Crippen LogP contribution >= 0.6 is 11.8 Å². The number of thioether (sulfide) groups is 1. The van der Waals surface area contributed by atoms with Gasteiger partial charge in [0.25, 0.3) is 0 Å². The van der Waals surface area contributed by atoms with E-state index >= 15 is 0 Å². The van der Waals surface area contributed by atoms with Crippen LogP contribution in [-0.4, -0.2) is 46.1 Å². The van der Waals surface area contributed by atoms with Crippen LogP contribution in [0.3, 0.4) is 0 Å². The van der Waals surface area contributed by atoms with E-state index in [9.17, 15) is 9.59 Å². The maximum Gasteiger partial charge on any atom is 0.335 e. The average molecular weight is 294 g/mol. The number of aromatic carboxylic acids is 1. The molecule has 0 radical (unpaired) electrons. The number of nitrogens with zero attached hydrogens (tertiary/aromatic N) is 1. The first-order valence-electron chi connectivity index (χ1n) is 6.53. The molecule has 0 aliphatic carbocycles. The highest BCUT2D eigenvalue weighted by molar-refractivity contribution is 7.99. The van der Waals surface area contributed by atoms with Crippen molar-refractivity contribution in [2.24, 2.45) is 0 Å². The van der Waals surface area contributed by atoms with Gasteiger partial charge in [0.15, 0.2) is 0 Å². The Hall–Kier alpha value is -1.69. The van der Waals surface area contributed by atoms with Gasteiger partial charge in [-0.2, -0.15) is 11.8 Å². The molecule has 0 saturated carbocycles. The van der Waals surface area contributed by atoms with Crippen LogP contribution in [0.15, 0.2) is 24.3 Å². The van der Waals surface area contributed by atoms with E-state index in [4.69, 9.17) is 5.11 Å². The second-order valence-electron chi connectivity index (χ2n) is 4.79. The summed E-state index contributed by atoms with van der Waals surface area (Å²) in [6, 6.07) is 6.53. The summed E-state index contributed by atoms with van der Waals surface area (Å²) in [6.45, 7) is 3.97. The van der Waals surface area contributed by atoms with Crippen molar-refractivity contribution in [3.05, 3.63) is 35.4 Å². The second-order valence-corrected chi connectivity index (χ2v) is 6.34. The number of urea groups is 1. The number of carbonyl (C=O) groups is 2. The van der Waals surface area contributed by atoms with Crippen LogP contribution in [0, 0.1) is 0 Å². The van der Waals surface area contributed by atoms with Gasteiger partial charge >= 0.3 is 12.0 Å². The lowest BCUT2D eigenvalue weighted by molar-refractivity contribution is 0.0696. The van der Waals surface area contributed by atoms with Crippen LogP contribution in [0.5, 0.6) is 0 Å². The maximum absolute atomic E-state index is 12.0. The van der Waals surface area contributed by atoms with Crippen LogP contribution in [-0.2, 0) is 6.54 Å². The van der Waals surface area contributed by atoms with Gasteiger partial charge in [0.05, 0.1) is 5.56 Å². The first kappa shape index (κ1) is 14.7. The van der Waals surface area contributed by atoms with E-state index in [-0.39, 0.29) is 11.6 Å². The van der Waals surface area contributed by atoms with Crippen molar-refractivity contribution in [1.82, 2.24) is 10.2 Å². The van der Waals surface area contributed by atoms with Crippen LogP contribution in [0.25, 0.3) is 0 Å². The fourth-order valence-electron chi connectivity index (χ4n) is 2.11. The number of hydrogen-bond acceptors (Lipinski definition) is 3. The lowest BCUT2D eigenvalue weighted by Crippen LogP contribution is -2.46. The topological polar surface area (TPSA) is 69.6 Å². The van der Waals surface area contributed by atoms with Gasteiger partial charge in [-0.3, -0.25) is 0 Å². The minimum atomic E-state index is -0.958. The number of carbonyl (C=O) groups excluding carboxylic acids is 1. The Balaban J connectivity index is 1.89. The predicted octanol–water partition coefficient (Wildman–Crippen LogP) is 2.03. The molecule has 5 nitrogen and oxygen atoms in total. The van der Waals surface area contributed by atoms with Gasteiger partial charge in [0, 0.05) is 30.6 Å². The van der Waals surface area contributed by atoms with E-state index < -0.39 is 5.97 Å². The molecule has 0 spiro atoms. The summed E-state index contributed by atoms with van der Waals surface area (Å²) in [5, 5.41) is 12.2. The molecule has 1 saturated heterocycles. The van der Waals surface area contributed by atoms with Crippen molar-refractivity contribution in [2.75, 3.05) is 18.8 Å². The van der Waals surface area contributed by atoms with Crippen molar-refractivity contribution < 1.29 is 14.7 Å². The zero-order valence-electron chi connectivity index (χ0n) is 11.3. The zero-order valence-corrected chi connectivity index (χ0v) is 12.2. The quantitative estimate of drug-likeness (QED) is 0.895. The summed E-state index contributed by atoms with van der Waals surface area (Å²) in [6.07, 6.45) is 0. The van der Waals surface area contributed by atoms with Crippen molar-refractivity contribution >= 4 is 23.8 Å². The van der Waals surface area contributed by atoms with Gasteiger partial charge in [-0.25, -0.2) is 9.59 Å². The normalized spacial score (nSPS) is 18.6. The van der Waals surface area contributed by atoms with E-state index in [1.54, 1.807) is 18.2 Å². The Morgan fingerprint density at radius 3 is 3.00 bits per heavy atom. The monoisotopic (exact) mass is 294 g/mol.